The van der Waals surface area contributed by atoms with Crippen LogP contribution in [0.25, 0.3) is 0 Å². The maximum atomic E-state index is 14.0. The second-order valence-electron chi connectivity index (χ2n) is 22.7. The predicted octanol–water partition coefficient (Wildman–Crippen LogP) is -10.2. The Balaban J connectivity index is 2.14. The van der Waals surface area contributed by atoms with Gasteiger partial charge in [0, 0.05) is 42.5 Å². The standard InChI is InChI=1S/C57H90N20O19S4/c1-4-26(2)45(76-53(93)36(24-99)72-46(86)27(3)68-41(81)19-67-54(94)38-8-6-14-77(38)56(96)37(25-100)75-47(87)30(58)16-44(84)85)55(95)74-35(23-98)52(92)71-31(7-5-13-63-57(61)62)48(88)65-20-43(83)70-33(17-39(59)79)49(89)66-21-42(82)69-32(15-28-9-11-29(78)12-10-28)51(91)73-34(22-97)50(90)64-18-40(60)80/h9-12,26-27,30-38,45,78,97-100H,4-8,13-25,58H2,1-3H3,(H2,59,79)(H2,60,80)(H,64,90)(H,65,88)(H,66,89)(H,67,94)(H,68,81)(H,69,82)(H,70,83)(H,71,92)(H,72,86)(H,73,91)(H,74,95)(H,75,87)(H,76,93)(H,84,85)(H4,61,62,63)/t26-,27-,30-,31-,32-,33-,34-,35-,36-,37-,38-,45-/m0/s1. The summed E-state index contributed by atoms with van der Waals surface area (Å²) >= 11 is 16.6. The van der Waals surface area contributed by atoms with Crippen LogP contribution < -0.4 is 97.8 Å². The number of nitrogens with zero attached hydrogens (tertiary/aromatic N) is 2. The molecule has 2 rings (SSSR count). The summed E-state index contributed by atoms with van der Waals surface area (Å²) in [5.74, 6) is -18.5. The molecule has 12 atom stereocenters. The first-order chi connectivity index (χ1) is 47.1. The van der Waals surface area contributed by atoms with Crippen molar-refractivity contribution in [3.63, 3.8) is 0 Å². The third-order valence-electron chi connectivity index (χ3n) is 14.7. The van der Waals surface area contributed by atoms with E-state index in [0.717, 1.165) is 0 Å². The van der Waals surface area contributed by atoms with Gasteiger partial charge < -0.3 is 113 Å². The minimum absolute atomic E-state index is 0.0440. The number of carbonyl (C=O) groups excluding carboxylic acids is 16. The van der Waals surface area contributed by atoms with Gasteiger partial charge in [0.1, 0.15) is 66.2 Å². The van der Waals surface area contributed by atoms with Gasteiger partial charge in [0.25, 0.3) is 0 Å². The Morgan fingerprint density at radius 1 is 0.540 bits per heavy atom. The van der Waals surface area contributed by atoms with Crippen LogP contribution in [0.2, 0.25) is 0 Å². The van der Waals surface area contributed by atoms with Crippen molar-refractivity contribution in [1.82, 2.24) is 74.0 Å². The summed E-state index contributed by atoms with van der Waals surface area (Å²) in [4.78, 5) is 226. The van der Waals surface area contributed by atoms with Crippen molar-refractivity contribution in [3.8, 4) is 5.75 Å². The van der Waals surface area contributed by atoms with Crippen molar-refractivity contribution in [1.29, 1.82) is 0 Å². The first-order valence-electron chi connectivity index (χ1n) is 31.0. The molecule has 0 aromatic heterocycles. The number of likely N-dealkylation sites (tertiary alicyclic amines) is 1. The molecule has 0 aliphatic carbocycles. The number of benzene rings is 1. The molecule has 25 N–H and O–H groups in total. The number of hydrogen-bond donors (Lipinski definition) is 24. The van der Waals surface area contributed by atoms with Gasteiger partial charge in [0.05, 0.1) is 45.1 Å². The van der Waals surface area contributed by atoms with E-state index in [9.17, 15) is 86.6 Å². The van der Waals surface area contributed by atoms with Gasteiger partial charge in [-0.2, -0.15) is 50.5 Å². The molecule has 0 saturated carbocycles. The molecular weight excluding hydrogens is 1400 g/mol. The van der Waals surface area contributed by atoms with Gasteiger partial charge in [0.2, 0.25) is 94.5 Å². The maximum absolute atomic E-state index is 14.0. The highest BCUT2D eigenvalue weighted by Gasteiger charge is 2.39. The highest BCUT2D eigenvalue weighted by atomic mass is 32.1. The molecule has 100 heavy (non-hydrogen) atoms. The Morgan fingerprint density at radius 3 is 1.55 bits per heavy atom. The van der Waals surface area contributed by atoms with Crippen LogP contribution in [-0.4, -0.2) is 250 Å². The number of carboxylic acid groups (broad SMARTS) is 1. The molecule has 1 fully saturated rings. The van der Waals surface area contributed by atoms with E-state index in [0.29, 0.717) is 12.0 Å². The molecule has 1 heterocycles. The molecule has 16 amide bonds. The molecule has 1 aromatic rings. The number of nitrogens with one attached hydrogen (secondary N) is 13. The van der Waals surface area contributed by atoms with E-state index in [1.54, 1.807) is 13.8 Å². The molecule has 1 aromatic carbocycles. The molecule has 556 valence electrons. The van der Waals surface area contributed by atoms with Gasteiger partial charge in [-0.25, -0.2) is 0 Å². The van der Waals surface area contributed by atoms with Gasteiger partial charge in [-0.05, 0) is 56.2 Å². The van der Waals surface area contributed by atoms with Gasteiger partial charge >= 0.3 is 5.97 Å². The van der Waals surface area contributed by atoms with Crippen LogP contribution in [0.5, 0.6) is 5.75 Å². The van der Waals surface area contributed by atoms with E-state index in [1.165, 1.54) is 36.1 Å². The minimum atomic E-state index is -1.76. The van der Waals surface area contributed by atoms with Crippen LogP contribution in [0.4, 0.5) is 0 Å². The Bertz CT molecular complexity index is 3130. The quantitative estimate of drug-likeness (QED) is 0.0125. The number of aliphatic carboxylic acids is 1. The Labute approximate surface area is 595 Å². The zero-order chi connectivity index (χ0) is 75.5. The smallest absolute Gasteiger partial charge is 0.305 e. The number of phenols is 1. The summed E-state index contributed by atoms with van der Waals surface area (Å²) in [6, 6.07) is -9.97. The summed E-state index contributed by atoms with van der Waals surface area (Å²) in [6.07, 6.45) is -1.07. The van der Waals surface area contributed by atoms with Crippen molar-refractivity contribution in [2.45, 2.75) is 139 Å². The van der Waals surface area contributed by atoms with Crippen molar-refractivity contribution in [3.05, 3.63) is 29.8 Å². The second-order valence-corrected chi connectivity index (χ2v) is 24.1. The lowest BCUT2D eigenvalue weighted by Crippen LogP contribution is -2.61. The molecule has 1 aliphatic heterocycles. The normalized spacial score (nSPS) is 15.6. The Kier molecular flexibility index (Phi) is 38.7. The van der Waals surface area contributed by atoms with E-state index in [2.05, 4.69) is 125 Å². The highest BCUT2D eigenvalue weighted by Crippen LogP contribution is 2.20. The van der Waals surface area contributed by atoms with Crippen LogP contribution >= 0.6 is 50.5 Å². The van der Waals surface area contributed by atoms with E-state index in [-0.39, 0.29) is 74.2 Å². The van der Waals surface area contributed by atoms with Gasteiger partial charge in [0.15, 0.2) is 5.96 Å². The molecule has 0 bridgehead atoms. The van der Waals surface area contributed by atoms with E-state index < -0.39 is 218 Å². The molecule has 1 aliphatic rings. The molecule has 39 nitrogen and oxygen atoms in total. The van der Waals surface area contributed by atoms with E-state index in [4.69, 9.17) is 33.8 Å². The van der Waals surface area contributed by atoms with Gasteiger partial charge in [-0.1, -0.05) is 32.4 Å². The van der Waals surface area contributed by atoms with Crippen molar-refractivity contribution < 1.29 is 91.7 Å². The molecule has 1 saturated heterocycles. The SMILES string of the molecule is CC[C@H](C)[C@H](NC(=O)[C@H](CS)NC(=O)[C@H](C)NC(=O)CNC(=O)[C@@H]1CCCN1C(=O)[C@H](CS)NC(=O)[C@@H](N)CC(=O)O)C(=O)N[C@@H](CS)C(=O)N[C@@H](CCCN=C(N)N)C(=O)NCC(=O)N[C@@H](CC(N)=O)C(=O)NCC(=O)N[C@@H](Cc1ccc(O)cc1)C(=O)N[C@@H](CS)C(=O)NCC(N)=O. The minimum Gasteiger partial charge on any atom is -0.508 e. The largest absolute Gasteiger partial charge is 0.508 e. The predicted molar refractivity (Wildman–Crippen MR) is 370 cm³/mol. The first-order valence-corrected chi connectivity index (χ1v) is 33.5. The number of rotatable bonds is 44. The molecule has 43 heteroatoms. The average Bonchev–Trinajstić information content (AvgIpc) is 1.62. The number of guanidine groups is 1. The lowest BCUT2D eigenvalue weighted by molar-refractivity contribution is -0.142. The van der Waals surface area contributed by atoms with E-state index in [1.807, 2.05) is 0 Å². The topological polar surface area (TPSA) is 633 Å². The zero-order valence-electron chi connectivity index (χ0n) is 54.9. The summed E-state index contributed by atoms with van der Waals surface area (Å²) in [6.45, 7) is 1.61. The van der Waals surface area contributed by atoms with Crippen LogP contribution in [0.3, 0.4) is 0 Å². The van der Waals surface area contributed by atoms with Gasteiger partial charge in [-0.3, -0.25) is 86.5 Å². The summed E-state index contributed by atoms with van der Waals surface area (Å²) in [5, 5.41) is 49.5. The summed E-state index contributed by atoms with van der Waals surface area (Å²) < 4.78 is 0. The summed E-state index contributed by atoms with van der Waals surface area (Å²) in [5.41, 5.74) is 27.4. The zero-order valence-corrected chi connectivity index (χ0v) is 58.4. The fourth-order valence-corrected chi connectivity index (χ4v) is 10.2. The number of thiol groups is 4. The first kappa shape index (κ1) is 86.7. The third-order valence-corrected chi connectivity index (χ3v) is 16.2. The number of aliphatic imine (C=N–C) groups is 1. The third kappa shape index (κ3) is 31.2. The second kappa shape index (κ2) is 44.6. The summed E-state index contributed by atoms with van der Waals surface area (Å²) in [7, 11) is 0. The maximum Gasteiger partial charge on any atom is 0.305 e. The fourth-order valence-electron chi connectivity index (χ4n) is 9.16. The Hall–Kier alpha value is -9.36. The van der Waals surface area contributed by atoms with Crippen molar-refractivity contribution in [2.24, 2.45) is 39.6 Å². The molecule has 0 radical (unpaired) electrons. The fraction of sp³-hybridized carbons (Fsp3) is 0.579. The number of carbonyl (C=O) groups is 17. The average molecular weight is 1490 g/mol. The van der Waals surface area contributed by atoms with Crippen LogP contribution in [0.15, 0.2) is 29.3 Å². The Morgan fingerprint density at radius 2 is 1.01 bits per heavy atom. The van der Waals surface area contributed by atoms with Crippen LogP contribution in [0.1, 0.15) is 71.3 Å². The number of nitrogens with two attached hydrogens (primary N) is 5. The van der Waals surface area contributed by atoms with Crippen molar-refractivity contribution in [2.75, 3.05) is 62.3 Å². The van der Waals surface area contributed by atoms with E-state index >= 15 is 0 Å². The monoisotopic (exact) mass is 1490 g/mol. The number of primary amides is 2. The molecule has 0 spiro atoms. The lowest BCUT2D eigenvalue weighted by atomic mass is 9.97. The number of hydrogen-bond acceptors (Lipinski definition) is 24. The molecular formula is C57H90N20O19S4. The van der Waals surface area contributed by atoms with Crippen LogP contribution in [0, 0.1) is 5.92 Å². The number of carboxylic acids is 1. The lowest BCUT2D eigenvalue weighted by Gasteiger charge is -2.29. The van der Waals surface area contributed by atoms with Crippen molar-refractivity contribution >= 4 is 157 Å². The number of aromatic hydroxyl groups is 1. The molecule has 0 unspecified atom stereocenters. The van der Waals surface area contributed by atoms with Gasteiger partial charge in [-0.15, -0.1) is 0 Å². The highest BCUT2D eigenvalue weighted by molar-refractivity contribution is 7.80. The van der Waals surface area contributed by atoms with Crippen LogP contribution in [-0.2, 0) is 87.9 Å². The number of amides is 16. The number of phenolic OH excluding ortho intramolecular Hbond substituents is 1.